The second-order valence-electron chi connectivity index (χ2n) is 11.2. The van der Waals surface area contributed by atoms with Crippen molar-refractivity contribution >= 4 is 38.2 Å². The maximum absolute atomic E-state index is 16.0. The number of nitrogens with zero attached hydrogens (tertiary/aromatic N) is 6. The molecule has 0 bridgehead atoms. The summed E-state index contributed by atoms with van der Waals surface area (Å²) in [4.78, 5) is 19.4. The Morgan fingerprint density at radius 3 is 2.66 bits per heavy atom. The summed E-state index contributed by atoms with van der Waals surface area (Å²) >= 11 is 1.36. The van der Waals surface area contributed by atoms with Gasteiger partial charge in [-0.2, -0.15) is 9.49 Å². The van der Waals surface area contributed by atoms with Crippen molar-refractivity contribution in [3.05, 3.63) is 83.8 Å². The normalized spacial score (nSPS) is 14.6. The SMILES string of the molecule is C=CC(=O)N1CCn2nc(-c3nc(-c4ccc5c(c4)c(F)nn5C)c4ccsc4c3-c3c(F)cc(F)cc3OCCOC)cc2C1C. The van der Waals surface area contributed by atoms with Crippen molar-refractivity contribution in [1.82, 2.24) is 29.4 Å². The van der Waals surface area contributed by atoms with Crippen molar-refractivity contribution in [2.24, 2.45) is 7.05 Å². The highest BCUT2D eigenvalue weighted by Gasteiger charge is 2.31. The minimum Gasteiger partial charge on any atom is -0.490 e. The number of benzene rings is 2. The van der Waals surface area contributed by atoms with Gasteiger partial charge in [0.25, 0.3) is 0 Å². The van der Waals surface area contributed by atoms with Crippen LogP contribution in [0.1, 0.15) is 18.7 Å². The van der Waals surface area contributed by atoms with E-state index in [1.54, 1.807) is 24.1 Å². The van der Waals surface area contributed by atoms with Gasteiger partial charge in [0.05, 0.1) is 47.0 Å². The fourth-order valence-corrected chi connectivity index (χ4v) is 7.16. The van der Waals surface area contributed by atoms with Crippen LogP contribution in [0.2, 0.25) is 0 Å². The summed E-state index contributed by atoms with van der Waals surface area (Å²) in [6.07, 6.45) is 1.28. The molecule has 5 heterocycles. The summed E-state index contributed by atoms with van der Waals surface area (Å²) in [5.41, 5.74) is 3.67. The Morgan fingerprint density at radius 2 is 1.87 bits per heavy atom. The molecule has 1 aliphatic heterocycles. The van der Waals surface area contributed by atoms with E-state index in [0.717, 1.165) is 17.8 Å². The molecule has 1 amide bonds. The van der Waals surface area contributed by atoms with Crippen molar-refractivity contribution < 1.29 is 27.4 Å². The lowest BCUT2D eigenvalue weighted by atomic mass is 9.96. The van der Waals surface area contributed by atoms with Crippen LogP contribution >= 0.6 is 11.3 Å². The minimum absolute atomic E-state index is 0.0102. The first-order valence-corrected chi connectivity index (χ1v) is 15.7. The monoisotopic (exact) mass is 658 g/mol. The number of amides is 1. The van der Waals surface area contributed by atoms with Crippen molar-refractivity contribution in [2.75, 3.05) is 26.9 Å². The molecule has 1 aliphatic rings. The van der Waals surface area contributed by atoms with E-state index in [1.807, 2.05) is 35.2 Å². The van der Waals surface area contributed by atoms with Gasteiger partial charge < -0.3 is 14.4 Å². The zero-order valence-corrected chi connectivity index (χ0v) is 26.6. The topological polar surface area (TPSA) is 87.3 Å². The number of carbonyl (C=O) groups is 1. The van der Waals surface area contributed by atoms with Crippen LogP contribution in [0.25, 0.3) is 54.8 Å². The summed E-state index contributed by atoms with van der Waals surface area (Å²) in [5.74, 6) is -2.44. The molecule has 47 heavy (non-hydrogen) atoms. The van der Waals surface area contributed by atoms with Gasteiger partial charge in [0.15, 0.2) is 0 Å². The highest BCUT2D eigenvalue weighted by molar-refractivity contribution is 7.18. The molecule has 1 atom stereocenters. The van der Waals surface area contributed by atoms with E-state index in [9.17, 15) is 13.6 Å². The van der Waals surface area contributed by atoms with E-state index in [4.69, 9.17) is 19.6 Å². The fourth-order valence-electron chi connectivity index (χ4n) is 6.21. The molecule has 13 heteroatoms. The Kier molecular flexibility index (Phi) is 7.80. The highest BCUT2D eigenvalue weighted by atomic mass is 32.1. The number of hydrogen-bond acceptors (Lipinski definition) is 7. The lowest BCUT2D eigenvalue weighted by molar-refractivity contribution is -0.129. The molecule has 0 saturated heterocycles. The second-order valence-corrected chi connectivity index (χ2v) is 12.1. The molecule has 0 radical (unpaired) electrons. The smallest absolute Gasteiger partial charge is 0.246 e. The third-order valence-electron chi connectivity index (χ3n) is 8.46. The standard InChI is InChI=1S/C34H29F3N6O3S/c1-5-28(44)42-9-10-43-26(18(42)2)17-24(39-43)32-30(29-23(36)15-20(35)16-27(29)46-12-11-45-4)33-21(8-13-47-33)31(38-32)19-6-7-25-22(14-19)34(37)40-41(25)3/h5-8,13-18H,1,9-12H2,2-4H3. The van der Waals surface area contributed by atoms with Gasteiger partial charge in [0.2, 0.25) is 11.9 Å². The van der Waals surface area contributed by atoms with Crippen LogP contribution in [0.4, 0.5) is 13.2 Å². The second kappa shape index (κ2) is 12.0. The van der Waals surface area contributed by atoms with Crippen molar-refractivity contribution in [2.45, 2.75) is 19.5 Å². The number of methoxy groups -OCH3 is 1. The summed E-state index contributed by atoms with van der Waals surface area (Å²) in [7, 11) is 3.18. The van der Waals surface area contributed by atoms with Gasteiger partial charge in [-0.25, -0.2) is 13.8 Å². The molecule has 7 rings (SSSR count). The number of fused-ring (bicyclic) bond motifs is 3. The predicted octanol–water partition coefficient (Wildman–Crippen LogP) is 6.91. The van der Waals surface area contributed by atoms with E-state index in [2.05, 4.69) is 11.7 Å². The van der Waals surface area contributed by atoms with Crippen LogP contribution in [0.5, 0.6) is 5.75 Å². The molecule has 0 aliphatic carbocycles. The Balaban J connectivity index is 1.51. The van der Waals surface area contributed by atoms with Crippen LogP contribution in [-0.4, -0.2) is 62.2 Å². The lowest BCUT2D eigenvalue weighted by Crippen LogP contribution is -2.40. The van der Waals surface area contributed by atoms with Gasteiger partial charge in [-0.1, -0.05) is 12.6 Å². The Labute approximate surface area is 271 Å². The first-order chi connectivity index (χ1) is 22.7. The molecule has 0 spiro atoms. The van der Waals surface area contributed by atoms with E-state index >= 15 is 4.39 Å². The maximum atomic E-state index is 16.0. The van der Waals surface area contributed by atoms with Gasteiger partial charge in [-0.15, -0.1) is 16.4 Å². The number of aryl methyl sites for hydroxylation is 1. The number of pyridine rings is 1. The highest BCUT2D eigenvalue weighted by Crippen LogP contribution is 2.47. The molecule has 0 saturated carbocycles. The predicted molar refractivity (Wildman–Crippen MR) is 174 cm³/mol. The molecule has 9 nitrogen and oxygen atoms in total. The summed E-state index contributed by atoms with van der Waals surface area (Å²) in [6, 6.07) is 10.6. The quantitative estimate of drug-likeness (QED) is 0.131. The summed E-state index contributed by atoms with van der Waals surface area (Å²) < 4.78 is 60.4. The van der Waals surface area contributed by atoms with E-state index < -0.39 is 17.6 Å². The average molecular weight is 659 g/mol. The largest absolute Gasteiger partial charge is 0.490 e. The van der Waals surface area contributed by atoms with Gasteiger partial charge in [-0.3, -0.25) is 14.2 Å². The number of ether oxygens (including phenoxy) is 2. The molecular weight excluding hydrogens is 629 g/mol. The number of rotatable bonds is 8. The number of thiophene rings is 1. The zero-order valence-electron chi connectivity index (χ0n) is 25.8. The molecular formula is C34H29F3N6O3S. The third-order valence-corrected chi connectivity index (χ3v) is 9.39. The fraction of sp³-hybridized carbons (Fsp3) is 0.235. The minimum atomic E-state index is -0.832. The molecule has 240 valence electrons. The van der Waals surface area contributed by atoms with Gasteiger partial charge >= 0.3 is 0 Å². The molecule has 0 N–H and O–H groups in total. The lowest BCUT2D eigenvalue weighted by Gasteiger charge is -2.33. The number of halogens is 3. The maximum Gasteiger partial charge on any atom is 0.246 e. The molecule has 4 aromatic heterocycles. The summed E-state index contributed by atoms with van der Waals surface area (Å²) in [5, 5.41) is 11.7. The van der Waals surface area contributed by atoms with E-state index in [0.29, 0.717) is 62.3 Å². The Morgan fingerprint density at radius 1 is 1.04 bits per heavy atom. The summed E-state index contributed by atoms with van der Waals surface area (Å²) in [6.45, 7) is 6.64. The van der Waals surface area contributed by atoms with E-state index in [1.165, 1.54) is 29.2 Å². The average Bonchev–Trinajstić information content (AvgIpc) is 3.78. The first kappa shape index (κ1) is 30.6. The van der Waals surface area contributed by atoms with E-state index in [-0.39, 0.29) is 36.5 Å². The van der Waals surface area contributed by atoms with Crippen LogP contribution in [-0.2, 0) is 23.1 Å². The van der Waals surface area contributed by atoms with Crippen molar-refractivity contribution in [1.29, 1.82) is 0 Å². The van der Waals surface area contributed by atoms with Crippen LogP contribution in [0.3, 0.4) is 0 Å². The zero-order chi connectivity index (χ0) is 33.0. The third kappa shape index (κ3) is 5.15. The molecule has 1 unspecified atom stereocenters. The molecule has 2 aromatic carbocycles. The van der Waals surface area contributed by atoms with Gasteiger partial charge in [-0.05, 0) is 42.6 Å². The first-order valence-electron chi connectivity index (χ1n) is 14.9. The Hall–Kier alpha value is -5.01. The van der Waals surface area contributed by atoms with Gasteiger partial charge in [0.1, 0.15) is 35.4 Å². The molecule has 6 aromatic rings. The molecule has 0 fully saturated rings. The Bertz CT molecular complexity index is 2210. The van der Waals surface area contributed by atoms with Crippen LogP contribution in [0.15, 0.2) is 60.5 Å². The number of aromatic nitrogens is 5. The number of carbonyl (C=O) groups excluding carboxylic acids is 1. The number of hydrogen-bond donors (Lipinski definition) is 0. The van der Waals surface area contributed by atoms with Gasteiger partial charge in [0, 0.05) is 54.0 Å². The van der Waals surface area contributed by atoms with Crippen molar-refractivity contribution in [3.8, 4) is 39.5 Å². The van der Waals surface area contributed by atoms with Crippen LogP contribution in [0, 0.1) is 17.6 Å². The van der Waals surface area contributed by atoms with Crippen molar-refractivity contribution in [3.63, 3.8) is 0 Å². The van der Waals surface area contributed by atoms with Crippen LogP contribution < -0.4 is 4.74 Å².